The molecule has 9 nitrogen and oxygen atoms in total. The Kier molecular flexibility index (Phi) is 6.47. The van der Waals surface area contributed by atoms with Crippen molar-refractivity contribution in [3.8, 4) is 10.1 Å². The number of aliphatic hydroxyl groups is 1. The molecule has 0 aliphatic carbocycles. The predicted octanol–water partition coefficient (Wildman–Crippen LogP) is 3.47. The Morgan fingerprint density at radius 1 is 1.24 bits per heavy atom. The Labute approximate surface area is 215 Å². The highest BCUT2D eigenvalue weighted by molar-refractivity contribution is 7.17. The molecule has 1 amide bonds. The molecule has 2 aliphatic rings. The molecule has 0 fully saturated rings. The molecule has 0 unspecified atom stereocenters. The van der Waals surface area contributed by atoms with Gasteiger partial charge in [0.1, 0.15) is 29.3 Å². The fourth-order valence-corrected chi connectivity index (χ4v) is 5.09. The normalized spacial score (nSPS) is 18.6. The van der Waals surface area contributed by atoms with Crippen molar-refractivity contribution in [2.75, 3.05) is 19.8 Å². The maximum atomic E-state index is 14.9. The number of rotatable bonds is 4. The predicted molar refractivity (Wildman–Crippen MR) is 124 cm³/mol. The van der Waals surface area contributed by atoms with Crippen LogP contribution in [0.1, 0.15) is 53.0 Å². The zero-order valence-electron chi connectivity index (χ0n) is 19.9. The molecule has 0 spiro atoms. The number of thiophene rings is 1. The SMILES string of the molecule is C[C@@H]1N=C(c2c(F)cccc2F)c2c(sc3c2COCCO3)-n2nc(C(=O)NC[C@](C)(O)C(F)(F)F)nc21. The number of ether oxygens (including phenoxy) is 2. The van der Waals surface area contributed by atoms with Crippen molar-refractivity contribution in [2.45, 2.75) is 38.3 Å². The first-order chi connectivity index (χ1) is 17.9. The van der Waals surface area contributed by atoms with Crippen molar-refractivity contribution in [1.29, 1.82) is 0 Å². The number of benzene rings is 1. The Hall–Kier alpha value is -3.43. The summed E-state index contributed by atoms with van der Waals surface area (Å²) in [5.41, 5.74) is -2.81. The van der Waals surface area contributed by atoms with Crippen molar-refractivity contribution < 1.29 is 41.3 Å². The third-order valence-corrected chi connectivity index (χ3v) is 7.14. The lowest BCUT2D eigenvalue weighted by molar-refractivity contribution is -0.249. The molecule has 4 heterocycles. The Morgan fingerprint density at radius 2 is 1.95 bits per heavy atom. The van der Waals surface area contributed by atoms with Gasteiger partial charge in [0, 0.05) is 11.1 Å². The van der Waals surface area contributed by atoms with E-state index in [9.17, 15) is 31.9 Å². The van der Waals surface area contributed by atoms with Crippen molar-refractivity contribution in [3.05, 3.63) is 58.2 Å². The van der Waals surface area contributed by atoms with Crippen molar-refractivity contribution in [1.82, 2.24) is 20.1 Å². The first kappa shape index (κ1) is 26.2. The van der Waals surface area contributed by atoms with Crippen LogP contribution < -0.4 is 10.1 Å². The van der Waals surface area contributed by atoms with E-state index in [1.165, 1.54) is 10.7 Å². The van der Waals surface area contributed by atoms with Crippen LogP contribution in [-0.4, -0.2) is 63.0 Å². The third kappa shape index (κ3) is 4.43. The number of carbonyl (C=O) groups excluding carboxylic acids is 1. The highest BCUT2D eigenvalue weighted by atomic mass is 32.1. The van der Waals surface area contributed by atoms with Gasteiger partial charge in [0.15, 0.2) is 16.5 Å². The van der Waals surface area contributed by atoms with Gasteiger partial charge in [-0.3, -0.25) is 9.79 Å². The fraction of sp³-hybridized carbons (Fsp3) is 0.391. The first-order valence-electron chi connectivity index (χ1n) is 11.3. The summed E-state index contributed by atoms with van der Waals surface area (Å²) in [6.45, 7) is 1.52. The lowest BCUT2D eigenvalue weighted by Crippen LogP contribution is -2.51. The third-order valence-electron chi connectivity index (χ3n) is 6.02. The summed E-state index contributed by atoms with van der Waals surface area (Å²) >= 11 is 1.08. The summed E-state index contributed by atoms with van der Waals surface area (Å²) in [5.74, 6) is -3.13. The van der Waals surface area contributed by atoms with Crippen LogP contribution in [0.15, 0.2) is 23.2 Å². The van der Waals surface area contributed by atoms with Gasteiger partial charge in [0.25, 0.3) is 5.91 Å². The summed E-state index contributed by atoms with van der Waals surface area (Å²) in [4.78, 5) is 21.4. The zero-order valence-corrected chi connectivity index (χ0v) is 20.7. The van der Waals surface area contributed by atoms with Crippen molar-refractivity contribution in [2.24, 2.45) is 4.99 Å². The first-order valence-corrected chi connectivity index (χ1v) is 12.1. The number of nitrogens with zero attached hydrogens (tertiary/aromatic N) is 4. The highest BCUT2D eigenvalue weighted by Gasteiger charge is 2.50. The van der Waals surface area contributed by atoms with Crippen LogP contribution in [0.5, 0.6) is 5.06 Å². The van der Waals surface area contributed by atoms with Gasteiger partial charge < -0.3 is 19.9 Å². The Bertz CT molecular complexity index is 1430. The number of alkyl halides is 3. The van der Waals surface area contributed by atoms with Crippen LogP contribution in [-0.2, 0) is 11.3 Å². The Balaban J connectivity index is 1.62. The maximum absolute atomic E-state index is 14.9. The monoisotopic (exact) mass is 557 g/mol. The molecule has 2 aliphatic heterocycles. The minimum Gasteiger partial charge on any atom is -0.481 e. The van der Waals surface area contributed by atoms with Crippen LogP contribution >= 0.6 is 11.3 Å². The summed E-state index contributed by atoms with van der Waals surface area (Å²) in [6, 6.07) is 2.55. The number of hydrogen-bond acceptors (Lipinski definition) is 8. The zero-order chi connectivity index (χ0) is 27.4. The van der Waals surface area contributed by atoms with Gasteiger partial charge in [-0.2, -0.15) is 13.2 Å². The average molecular weight is 558 g/mol. The number of carbonyl (C=O) groups is 1. The molecular weight excluding hydrogens is 537 g/mol. The van der Waals surface area contributed by atoms with E-state index < -0.39 is 47.7 Å². The van der Waals surface area contributed by atoms with E-state index in [1.807, 2.05) is 5.32 Å². The maximum Gasteiger partial charge on any atom is 0.418 e. The van der Waals surface area contributed by atoms with E-state index in [2.05, 4.69) is 15.1 Å². The second-order valence-electron chi connectivity index (χ2n) is 8.86. The summed E-state index contributed by atoms with van der Waals surface area (Å²) in [5, 5.41) is 16.5. The molecule has 15 heteroatoms. The lowest BCUT2D eigenvalue weighted by Gasteiger charge is -2.25. The second-order valence-corrected chi connectivity index (χ2v) is 9.82. The minimum absolute atomic E-state index is 0.0192. The van der Waals surface area contributed by atoms with Gasteiger partial charge in [-0.1, -0.05) is 17.4 Å². The smallest absolute Gasteiger partial charge is 0.418 e. The van der Waals surface area contributed by atoms with Gasteiger partial charge in [-0.05, 0) is 26.0 Å². The Morgan fingerprint density at radius 3 is 2.63 bits per heavy atom. The number of nitrogens with one attached hydrogen (secondary N) is 1. The molecule has 2 aromatic heterocycles. The molecule has 202 valence electrons. The van der Waals surface area contributed by atoms with Crippen molar-refractivity contribution >= 4 is 23.0 Å². The standard InChI is InChI=1S/C23H20F5N5O4S/c1-10-18-31-17(19(34)29-9-22(2,35)23(26,27)28)32-33(18)20-14(11-8-36-6-7-37-21(11)38-20)16(30-10)15-12(24)4-3-5-13(15)25/h3-5,10,35H,6-9H2,1-2H3,(H,29,34)/t10-,22-/m0/s1. The second kappa shape index (κ2) is 9.39. The molecule has 3 aromatic rings. The largest absolute Gasteiger partial charge is 0.481 e. The molecule has 0 saturated heterocycles. The molecule has 2 atom stereocenters. The van der Waals surface area contributed by atoms with E-state index in [0.29, 0.717) is 17.6 Å². The molecule has 0 radical (unpaired) electrons. The molecule has 0 bridgehead atoms. The summed E-state index contributed by atoms with van der Waals surface area (Å²) in [7, 11) is 0. The number of fused-ring (bicyclic) bond motifs is 5. The lowest BCUT2D eigenvalue weighted by atomic mass is 9.99. The number of halogens is 5. The summed E-state index contributed by atoms with van der Waals surface area (Å²) < 4.78 is 81.4. The van der Waals surface area contributed by atoms with Gasteiger partial charge in [-0.25, -0.2) is 18.4 Å². The van der Waals surface area contributed by atoms with E-state index in [1.54, 1.807) is 6.92 Å². The topological polar surface area (TPSA) is 111 Å². The molecule has 5 rings (SSSR count). The number of hydrogen-bond donors (Lipinski definition) is 2. The number of aromatic nitrogens is 3. The molecule has 38 heavy (non-hydrogen) atoms. The molecular formula is C23H20F5N5O4S. The van der Waals surface area contributed by atoms with Gasteiger partial charge in [0.2, 0.25) is 5.82 Å². The average Bonchev–Trinajstić information content (AvgIpc) is 3.33. The molecule has 0 saturated carbocycles. The van der Waals surface area contributed by atoms with Crippen LogP contribution in [0.3, 0.4) is 0 Å². The minimum atomic E-state index is -4.98. The quantitative estimate of drug-likeness (QED) is 0.476. The van der Waals surface area contributed by atoms with E-state index in [4.69, 9.17) is 9.47 Å². The van der Waals surface area contributed by atoms with Crippen LogP contribution in [0.2, 0.25) is 0 Å². The highest BCUT2D eigenvalue weighted by Crippen LogP contribution is 2.44. The van der Waals surface area contributed by atoms with Gasteiger partial charge >= 0.3 is 6.18 Å². The van der Waals surface area contributed by atoms with Crippen LogP contribution in [0.25, 0.3) is 5.00 Å². The van der Waals surface area contributed by atoms with Gasteiger partial charge in [-0.15, -0.1) is 5.10 Å². The molecule has 1 aromatic carbocycles. The van der Waals surface area contributed by atoms with Crippen LogP contribution in [0.4, 0.5) is 22.0 Å². The van der Waals surface area contributed by atoms with E-state index in [-0.39, 0.29) is 47.5 Å². The van der Waals surface area contributed by atoms with Crippen LogP contribution in [0, 0.1) is 11.6 Å². The van der Waals surface area contributed by atoms with E-state index >= 15 is 0 Å². The summed E-state index contributed by atoms with van der Waals surface area (Å²) in [6.07, 6.45) is -4.98. The van der Waals surface area contributed by atoms with E-state index in [0.717, 1.165) is 23.5 Å². The molecule has 2 N–H and O–H groups in total. The van der Waals surface area contributed by atoms with Gasteiger partial charge in [0.05, 0.1) is 31.0 Å². The number of amides is 1. The fourth-order valence-electron chi connectivity index (χ4n) is 3.94. The number of aliphatic imine (C=N–C) groups is 1. The van der Waals surface area contributed by atoms with Crippen molar-refractivity contribution in [3.63, 3.8) is 0 Å².